The quantitative estimate of drug-likeness (QED) is 0.322. The topological polar surface area (TPSA) is 113 Å². The van der Waals surface area contributed by atoms with Gasteiger partial charge in [-0.2, -0.15) is 0 Å². The normalized spacial score (nSPS) is 21.0. The van der Waals surface area contributed by atoms with E-state index < -0.39 is 5.76 Å². The minimum absolute atomic E-state index is 0.0258. The van der Waals surface area contributed by atoms with E-state index in [0.717, 1.165) is 28.6 Å². The van der Waals surface area contributed by atoms with Crippen molar-refractivity contribution in [2.75, 3.05) is 16.8 Å². The zero-order chi connectivity index (χ0) is 25.4. The molecule has 11 heteroatoms. The molecule has 0 unspecified atom stereocenters. The maximum Gasteiger partial charge on any atom is 0.434 e. The van der Waals surface area contributed by atoms with Gasteiger partial charge in [-0.1, -0.05) is 61.3 Å². The number of rotatable bonds is 6. The third-order valence-corrected chi connectivity index (χ3v) is 8.25. The molecule has 1 saturated carbocycles. The van der Waals surface area contributed by atoms with Crippen LogP contribution in [0.2, 0.25) is 5.02 Å². The number of anilines is 2. The van der Waals surface area contributed by atoms with Gasteiger partial charge in [-0.15, -0.1) is 5.10 Å². The van der Waals surface area contributed by atoms with Crippen molar-refractivity contribution in [3.8, 4) is 23.0 Å². The second kappa shape index (κ2) is 10.2. The lowest BCUT2D eigenvalue weighted by Gasteiger charge is -2.34. The predicted molar refractivity (Wildman–Crippen MR) is 145 cm³/mol. The number of halogens is 1. The Bertz CT molecular complexity index is 1450. The molecule has 0 spiro atoms. The molecule has 37 heavy (non-hydrogen) atoms. The Labute approximate surface area is 223 Å². The van der Waals surface area contributed by atoms with Gasteiger partial charge >= 0.3 is 5.76 Å². The number of fused-ring (bicyclic) bond motifs is 1. The van der Waals surface area contributed by atoms with Crippen molar-refractivity contribution in [2.24, 2.45) is 11.8 Å². The first-order chi connectivity index (χ1) is 18.0. The average molecular weight is 536 g/mol. The summed E-state index contributed by atoms with van der Waals surface area (Å²) in [7, 11) is 0. The Morgan fingerprint density at radius 2 is 1.95 bits per heavy atom. The van der Waals surface area contributed by atoms with Gasteiger partial charge in [0.15, 0.2) is 11.3 Å². The predicted octanol–water partition coefficient (Wildman–Crippen LogP) is 5.67. The summed E-state index contributed by atoms with van der Waals surface area (Å²) in [6.07, 6.45) is 8.20. The zero-order valence-electron chi connectivity index (χ0n) is 20.2. The summed E-state index contributed by atoms with van der Waals surface area (Å²) in [5.41, 5.74) is 2.20. The highest BCUT2D eigenvalue weighted by Crippen LogP contribution is 2.46. The number of nitrogens with zero attached hydrogens (tertiary/aromatic N) is 5. The van der Waals surface area contributed by atoms with Crippen LogP contribution in [0.4, 0.5) is 11.5 Å². The third-order valence-electron chi connectivity index (χ3n) is 6.90. The van der Waals surface area contributed by atoms with Crippen molar-refractivity contribution < 1.29 is 4.42 Å². The van der Waals surface area contributed by atoms with E-state index in [1.54, 1.807) is 24.2 Å². The van der Waals surface area contributed by atoms with Crippen LogP contribution in [-0.2, 0) is 0 Å². The van der Waals surface area contributed by atoms with Crippen LogP contribution in [0.15, 0.2) is 62.9 Å². The number of aromatic nitrogens is 5. The molecule has 1 aliphatic carbocycles. The van der Waals surface area contributed by atoms with Crippen molar-refractivity contribution in [3.05, 3.63) is 64.4 Å². The number of hydrogen-bond donors (Lipinski definition) is 2. The molecule has 1 aromatic carbocycles. The number of benzene rings is 1. The maximum atomic E-state index is 11.7. The standard InChI is InChI=1S/C26H26ClN7O2S/c1-15-7-9-16(10-8-15)14-34-21-20(17-11-18(27)13-28-12-17)29-23(24-32-33-26(35)36-24)30-22(21)31-25(34)37-19-5-3-2-4-6-19/h2-6,11-13,15-16,25H,7-10,14H2,1H3,(H,33,35)(H,29,30,31)/t15?,16?,25-/m1/s1. The molecule has 0 amide bonds. The van der Waals surface area contributed by atoms with Gasteiger partial charge in [0.25, 0.3) is 5.89 Å². The second-order valence-electron chi connectivity index (χ2n) is 9.61. The smallest absolute Gasteiger partial charge is 0.384 e. The van der Waals surface area contributed by atoms with Gasteiger partial charge in [0.05, 0.1) is 5.02 Å². The molecule has 190 valence electrons. The van der Waals surface area contributed by atoms with Gasteiger partial charge < -0.3 is 14.6 Å². The van der Waals surface area contributed by atoms with E-state index >= 15 is 0 Å². The molecule has 2 aliphatic rings. The third kappa shape index (κ3) is 5.08. The molecule has 0 bridgehead atoms. The van der Waals surface area contributed by atoms with Crippen molar-refractivity contribution >= 4 is 34.9 Å². The number of hydrogen-bond acceptors (Lipinski definition) is 9. The first kappa shape index (κ1) is 24.0. The number of H-pyrrole nitrogens is 1. The molecule has 3 aromatic heterocycles. The number of nitrogens with one attached hydrogen (secondary N) is 2. The van der Waals surface area contributed by atoms with E-state index in [1.807, 2.05) is 24.3 Å². The molecule has 1 fully saturated rings. The van der Waals surface area contributed by atoms with E-state index in [-0.39, 0.29) is 17.2 Å². The summed E-state index contributed by atoms with van der Waals surface area (Å²) < 4.78 is 5.19. The molecular weight excluding hydrogens is 510 g/mol. The first-order valence-electron chi connectivity index (χ1n) is 12.4. The molecule has 0 radical (unpaired) electrons. The maximum absolute atomic E-state index is 11.7. The summed E-state index contributed by atoms with van der Waals surface area (Å²) in [6.45, 7) is 3.21. The largest absolute Gasteiger partial charge is 0.434 e. The molecule has 2 N–H and O–H groups in total. The minimum atomic E-state index is -0.663. The SMILES string of the molecule is CC1CCC(CN2c3c(nc(-c4n[nH]c(=O)o4)nc3-c3cncc(Cl)c3)N[C@H]2Sc2ccccc2)CC1. The molecule has 4 heterocycles. The number of aromatic amines is 1. The fraction of sp³-hybridized carbons (Fsp3) is 0.346. The van der Waals surface area contributed by atoms with Crippen LogP contribution in [0, 0.1) is 11.8 Å². The fourth-order valence-corrected chi connectivity index (χ4v) is 6.24. The lowest BCUT2D eigenvalue weighted by molar-refractivity contribution is 0.292. The van der Waals surface area contributed by atoms with Crippen LogP contribution in [0.1, 0.15) is 32.6 Å². The van der Waals surface area contributed by atoms with E-state index in [2.05, 4.69) is 44.5 Å². The summed E-state index contributed by atoms with van der Waals surface area (Å²) in [5, 5.41) is 10.3. The summed E-state index contributed by atoms with van der Waals surface area (Å²) in [6, 6.07) is 12.1. The fourth-order valence-electron chi connectivity index (χ4n) is 5.00. The molecule has 1 atom stereocenters. The van der Waals surface area contributed by atoms with Crippen LogP contribution in [-0.4, -0.2) is 37.2 Å². The second-order valence-corrected chi connectivity index (χ2v) is 11.2. The zero-order valence-corrected chi connectivity index (χ0v) is 21.8. The molecule has 1 aliphatic heterocycles. The Hall–Kier alpha value is -3.37. The highest BCUT2D eigenvalue weighted by molar-refractivity contribution is 8.00. The van der Waals surface area contributed by atoms with Gasteiger partial charge in [-0.3, -0.25) is 4.98 Å². The van der Waals surface area contributed by atoms with Crippen molar-refractivity contribution in [2.45, 2.75) is 43.0 Å². The van der Waals surface area contributed by atoms with Crippen LogP contribution in [0.25, 0.3) is 23.0 Å². The van der Waals surface area contributed by atoms with E-state index in [1.165, 1.54) is 25.7 Å². The van der Waals surface area contributed by atoms with Crippen LogP contribution in [0.5, 0.6) is 0 Å². The molecule has 4 aromatic rings. The summed E-state index contributed by atoms with van der Waals surface area (Å²) in [4.78, 5) is 29.0. The summed E-state index contributed by atoms with van der Waals surface area (Å²) in [5.74, 6) is 1.57. The number of pyridine rings is 1. The molecule has 6 rings (SSSR count). The van der Waals surface area contributed by atoms with E-state index in [9.17, 15) is 4.79 Å². The monoisotopic (exact) mass is 535 g/mol. The van der Waals surface area contributed by atoms with Gasteiger partial charge in [-0.05, 0) is 42.9 Å². The highest BCUT2D eigenvalue weighted by atomic mass is 35.5. The summed E-state index contributed by atoms with van der Waals surface area (Å²) >= 11 is 8.06. The average Bonchev–Trinajstić information content (AvgIpc) is 3.49. The van der Waals surface area contributed by atoms with Gasteiger partial charge in [0.1, 0.15) is 11.4 Å². The van der Waals surface area contributed by atoms with Crippen molar-refractivity contribution in [3.63, 3.8) is 0 Å². The Kier molecular flexibility index (Phi) is 6.60. The van der Waals surface area contributed by atoms with Crippen molar-refractivity contribution in [1.82, 2.24) is 25.1 Å². The van der Waals surface area contributed by atoms with Crippen LogP contribution >= 0.6 is 23.4 Å². The lowest BCUT2D eigenvalue weighted by Crippen LogP contribution is -2.38. The van der Waals surface area contributed by atoms with Gasteiger partial charge in [0.2, 0.25) is 5.82 Å². The first-order valence-corrected chi connectivity index (χ1v) is 13.6. The van der Waals surface area contributed by atoms with Gasteiger partial charge in [0, 0.05) is 29.4 Å². The van der Waals surface area contributed by atoms with Crippen LogP contribution < -0.4 is 16.0 Å². The number of thioether (sulfide) groups is 1. The van der Waals surface area contributed by atoms with Crippen LogP contribution in [0.3, 0.4) is 0 Å². The Morgan fingerprint density at radius 3 is 2.68 bits per heavy atom. The lowest BCUT2D eigenvalue weighted by atomic mass is 9.83. The highest BCUT2D eigenvalue weighted by Gasteiger charge is 2.37. The van der Waals surface area contributed by atoms with E-state index in [4.69, 9.17) is 26.0 Å². The Balaban J connectivity index is 1.46. The molecule has 9 nitrogen and oxygen atoms in total. The Morgan fingerprint density at radius 1 is 1.14 bits per heavy atom. The molecule has 0 saturated heterocycles. The molecular formula is C26H26ClN7O2S. The minimum Gasteiger partial charge on any atom is -0.384 e. The van der Waals surface area contributed by atoms with Gasteiger partial charge in [-0.25, -0.2) is 19.9 Å². The van der Waals surface area contributed by atoms with Crippen molar-refractivity contribution in [1.29, 1.82) is 0 Å². The van der Waals surface area contributed by atoms with E-state index in [0.29, 0.717) is 22.5 Å².